The monoisotopic (exact) mass is 379 g/mol. The summed E-state index contributed by atoms with van der Waals surface area (Å²) in [5.74, 6) is -4.72. The van der Waals surface area contributed by atoms with Crippen molar-refractivity contribution in [3.05, 3.63) is 57.8 Å². The van der Waals surface area contributed by atoms with E-state index in [4.69, 9.17) is 0 Å². The maximum atomic E-state index is 13.5. The molecule has 2 aromatic carbocycles. The molecule has 0 unspecified atom stereocenters. The van der Waals surface area contributed by atoms with Gasteiger partial charge in [-0.05, 0) is 36.8 Å². The molecule has 0 atom stereocenters. The van der Waals surface area contributed by atoms with Gasteiger partial charge in [0.2, 0.25) is 0 Å². The standard InChI is InChI=1S/C13H9BrF3NO2S/c1-7-2-3-8(14)6-11(7)21(19,20)18-10-5-4-9(15)12(16)13(10)17/h2-6,18H,1H3. The van der Waals surface area contributed by atoms with Crippen LogP contribution in [0.1, 0.15) is 5.56 Å². The number of aryl methyl sites for hydroxylation is 1. The lowest BCUT2D eigenvalue weighted by atomic mass is 10.2. The van der Waals surface area contributed by atoms with Crippen molar-refractivity contribution >= 4 is 31.6 Å². The Morgan fingerprint density at radius 1 is 1.05 bits per heavy atom. The molecular formula is C13H9BrF3NO2S. The summed E-state index contributed by atoms with van der Waals surface area (Å²) in [6.07, 6.45) is 0. The largest absolute Gasteiger partial charge is 0.277 e. The molecule has 112 valence electrons. The highest BCUT2D eigenvalue weighted by Gasteiger charge is 2.21. The number of sulfonamides is 1. The van der Waals surface area contributed by atoms with Gasteiger partial charge in [0, 0.05) is 4.47 Å². The van der Waals surface area contributed by atoms with E-state index >= 15 is 0 Å². The first-order valence-electron chi connectivity index (χ1n) is 5.65. The minimum absolute atomic E-state index is 0.0963. The van der Waals surface area contributed by atoms with Crippen molar-refractivity contribution in [3.63, 3.8) is 0 Å². The van der Waals surface area contributed by atoms with E-state index in [9.17, 15) is 21.6 Å². The van der Waals surface area contributed by atoms with Crippen molar-refractivity contribution in [2.75, 3.05) is 4.72 Å². The lowest BCUT2D eigenvalue weighted by molar-refractivity contribution is 0.449. The summed E-state index contributed by atoms with van der Waals surface area (Å²) in [6.45, 7) is 1.56. The van der Waals surface area contributed by atoms with Crippen LogP contribution in [0.5, 0.6) is 0 Å². The maximum Gasteiger partial charge on any atom is 0.262 e. The van der Waals surface area contributed by atoms with Gasteiger partial charge < -0.3 is 0 Å². The lowest BCUT2D eigenvalue weighted by Crippen LogP contribution is -2.16. The van der Waals surface area contributed by atoms with Crippen LogP contribution in [0.4, 0.5) is 18.9 Å². The van der Waals surface area contributed by atoms with Crippen LogP contribution in [0.25, 0.3) is 0 Å². The van der Waals surface area contributed by atoms with E-state index in [1.54, 1.807) is 19.1 Å². The lowest BCUT2D eigenvalue weighted by Gasteiger charge is -2.11. The third kappa shape index (κ3) is 3.21. The fourth-order valence-electron chi connectivity index (χ4n) is 1.67. The van der Waals surface area contributed by atoms with Crippen molar-refractivity contribution in [3.8, 4) is 0 Å². The molecule has 21 heavy (non-hydrogen) atoms. The highest BCUT2D eigenvalue weighted by atomic mass is 79.9. The molecule has 0 radical (unpaired) electrons. The topological polar surface area (TPSA) is 46.2 Å². The second kappa shape index (κ2) is 5.69. The van der Waals surface area contributed by atoms with Crippen LogP contribution in [0.3, 0.4) is 0 Å². The number of benzene rings is 2. The summed E-state index contributed by atoms with van der Waals surface area (Å²) in [4.78, 5) is -0.0963. The highest BCUT2D eigenvalue weighted by Crippen LogP contribution is 2.25. The van der Waals surface area contributed by atoms with Gasteiger partial charge in [0.25, 0.3) is 10.0 Å². The Kier molecular flexibility index (Phi) is 4.29. The first kappa shape index (κ1) is 15.8. The molecule has 0 saturated heterocycles. The van der Waals surface area contributed by atoms with Gasteiger partial charge >= 0.3 is 0 Å². The van der Waals surface area contributed by atoms with E-state index in [1.165, 1.54) is 6.07 Å². The molecule has 2 rings (SSSR count). The van der Waals surface area contributed by atoms with Crippen LogP contribution < -0.4 is 4.72 Å². The van der Waals surface area contributed by atoms with E-state index in [0.717, 1.165) is 6.07 Å². The van der Waals surface area contributed by atoms with Crippen molar-refractivity contribution in [1.29, 1.82) is 0 Å². The molecule has 0 aliphatic heterocycles. The Bertz CT molecular complexity index is 809. The van der Waals surface area contributed by atoms with E-state index < -0.39 is 33.2 Å². The third-order valence-corrected chi connectivity index (χ3v) is 4.72. The molecule has 0 spiro atoms. The van der Waals surface area contributed by atoms with Gasteiger partial charge in [0.1, 0.15) is 0 Å². The third-order valence-electron chi connectivity index (χ3n) is 2.72. The van der Waals surface area contributed by atoms with Gasteiger partial charge in [-0.25, -0.2) is 21.6 Å². The molecular weight excluding hydrogens is 371 g/mol. The van der Waals surface area contributed by atoms with E-state index in [0.29, 0.717) is 16.1 Å². The van der Waals surface area contributed by atoms with Gasteiger partial charge in [-0.15, -0.1) is 0 Å². The second-order valence-electron chi connectivity index (χ2n) is 4.24. The fourth-order valence-corrected chi connectivity index (χ4v) is 3.51. The molecule has 0 bridgehead atoms. The first-order valence-corrected chi connectivity index (χ1v) is 7.92. The Balaban J connectivity index is 2.47. The van der Waals surface area contributed by atoms with Crippen LogP contribution in [0.15, 0.2) is 39.7 Å². The number of rotatable bonds is 3. The van der Waals surface area contributed by atoms with E-state index in [1.807, 2.05) is 4.72 Å². The van der Waals surface area contributed by atoms with E-state index in [-0.39, 0.29) is 4.90 Å². The van der Waals surface area contributed by atoms with Gasteiger partial charge in [-0.1, -0.05) is 22.0 Å². The Labute approximate surface area is 128 Å². The number of anilines is 1. The fraction of sp³-hybridized carbons (Fsp3) is 0.0769. The van der Waals surface area contributed by atoms with Crippen LogP contribution in [0.2, 0.25) is 0 Å². The van der Waals surface area contributed by atoms with Gasteiger partial charge in [0.15, 0.2) is 17.5 Å². The number of hydrogen-bond donors (Lipinski definition) is 1. The molecule has 0 aliphatic carbocycles. The van der Waals surface area contributed by atoms with Crippen molar-refractivity contribution in [2.45, 2.75) is 11.8 Å². The molecule has 0 fully saturated rings. The van der Waals surface area contributed by atoms with Gasteiger partial charge in [-0.2, -0.15) is 0 Å². The molecule has 2 aromatic rings. The molecule has 3 nitrogen and oxygen atoms in total. The minimum atomic E-state index is -4.13. The van der Waals surface area contributed by atoms with Crippen LogP contribution >= 0.6 is 15.9 Å². The molecule has 0 amide bonds. The summed E-state index contributed by atoms with van der Waals surface area (Å²) >= 11 is 3.13. The van der Waals surface area contributed by atoms with Crippen molar-refractivity contribution < 1.29 is 21.6 Å². The number of halogens is 4. The predicted molar refractivity (Wildman–Crippen MR) is 76.0 cm³/mol. The quantitative estimate of drug-likeness (QED) is 0.819. The van der Waals surface area contributed by atoms with Crippen molar-refractivity contribution in [1.82, 2.24) is 0 Å². The maximum absolute atomic E-state index is 13.5. The summed E-state index contributed by atoms with van der Waals surface area (Å²) in [6, 6.07) is 5.99. The zero-order valence-electron chi connectivity index (χ0n) is 10.6. The van der Waals surface area contributed by atoms with Crippen molar-refractivity contribution in [2.24, 2.45) is 0 Å². The average molecular weight is 380 g/mol. The summed E-state index contributed by atoms with van der Waals surface area (Å²) in [7, 11) is -4.13. The normalized spacial score (nSPS) is 11.5. The van der Waals surface area contributed by atoms with Crippen LogP contribution in [0, 0.1) is 24.4 Å². The Hall–Kier alpha value is -1.54. The first-order chi connectivity index (χ1) is 9.72. The number of nitrogens with one attached hydrogen (secondary N) is 1. The summed E-state index contributed by atoms with van der Waals surface area (Å²) in [5, 5.41) is 0. The minimum Gasteiger partial charge on any atom is -0.277 e. The zero-order valence-corrected chi connectivity index (χ0v) is 13.0. The zero-order chi connectivity index (χ0) is 15.8. The Morgan fingerprint density at radius 3 is 2.38 bits per heavy atom. The smallest absolute Gasteiger partial charge is 0.262 e. The van der Waals surface area contributed by atoms with E-state index in [2.05, 4.69) is 15.9 Å². The molecule has 0 heterocycles. The Morgan fingerprint density at radius 2 is 1.71 bits per heavy atom. The average Bonchev–Trinajstić information content (AvgIpc) is 2.42. The molecule has 8 heteroatoms. The van der Waals surface area contributed by atoms with Crippen LogP contribution in [-0.4, -0.2) is 8.42 Å². The second-order valence-corrected chi connectivity index (χ2v) is 6.80. The molecule has 1 N–H and O–H groups in total. The highest BCUT2D eigenvalue weighted by molar-refractivity contribution is 9.10. The van der Waals surface area contributed by atoms with Gasteiger partial charge in [-0.3, -0.25) is 4.72 Å². The number of hydrogen-bond acceptors (Lipinski definition) is 2. The molecule has 0 aromatic heterocycles. The SMILES string of the molecule is Cc1ccc(Br)cc1S(=O)(=O)Nc1ccc(F)c(F)c1F. The predicted octanol–water partition coefficient (Wildman–Crippen LogP) is 3.98. The summed E-state index contributed by atoms with van der Waals surface area (Å²) in [5.41, 5.74) is -0.234. The summed E-state index contributed by atoms with van der Waals surface area (Å²) < 4.78 is 66.3. The van der Waals surface area contributed by atoms with Crippen LogP contribution in [-0.2, 0) is 10.0 Å². The van der Waals surface area contributed by atoms with Gasteiger partial charge in [0.05, 0.1) is 10.6 Å². The molecule has 0 saturated carbocycles. The molecule has 0 aliphatic rings.